The van der Waals surface area contributed by atoms with E-state index in [9.17, 15) is 9.59 Å². The van der Waals surface area contributed by atoms with Crippen LogP contribution < -0.4 is 0 Å². The molecule has 0 aromatic heterocycles. The van der Waals surface area contributed by atoms with Gasteiger partial charge < -0.3 is 9.47 Å². The number of rotatable bonds is 5. The minimum atomic E-state index is -0.410. The minimum Gasteiger partial charge on any atom is -0.457 e. The fourth-order valence-electron chi connectivity index (χ4n) is 3.41. The van der Waals surface area contributed by atoms with Gasteiger partial charge in [0.15, 0.2) is 6.61 Å². The van der Waals surface area contributed by atoms with Gasteiger partial charge in [-0.3, -0.25) is 4.79 Å². The van der Waals surface area contributed by atoms with Gasteiger partial charge in [-0.15, -0.1) is 0 Å². The molecule has 0 aromatic carbocycles. The van der Waals surface area contributed by atoms with Crippen LogP contribution in [0.4, 0.5) is 0 Å². The van der Waals surface area contributed by atoms with Gasteiger partial charge >= 0.3 is 11.9 Å². The summed E-state index contributed by atoms with van der Waals surface area (Å²) >= 11 is 0. The second-order valence-electron chi connectivity index (χ2n) is 6.28. The van der Waals surface area contributed by atoms with Crippen LogP contribution in [0.5, 0.6) is 0 Å². The highest BCUT2D eigenvalue weighted by atomic mass is 16.6. The van der Waals surface area contributed by atoms with E-state index in [0.717, 1.165) is 19.3 Å². The van der Waals surface area contributed by atoms with Crippen molar-refractivity contribution in [1.82, 2.24) is 0 Å². The summed E-state index contributed by atoms with van der Waals surface area (Å²) in [5, 5.41) is 0. The fraction of sp³-hybridized carbons (Fsp3) is 0.867. The number of fused-ring (bicyclic) bond motifs is 2. The summed E-state index contributed by atoms with van der Waals surface area (Å²) in [5.74, 6) is 0.312. The lowest BCUT2D eigenvalue weighted by molar-refractivity contribution is -0.174. The van der Waals surface area contributed by atoms with Crippen LogP contribution in [0, 0.1) is 17.8 Å². The Morgan fingerprint density at radius 3 is 2.63 bits per heavy atom. The quantitative estimate of drug-likeness (QED) is 0.719. The summed E-state index contributed by atoms with van der Waals surface area (Å²) in [6.07, 6.45) is 5.27. The second-order valence-corrected chi connectivity index (χ2v) is 6.28. The molecule has 2 bridgehead atoms. The van der Waals surface area contributed by atoms with Crippen LogP contribution in [-0.2, 0) is 19.1 Å². The first-order valence-corrected chi connectivity index (χ1v) is 7.33. The molecule has 4 heteroatoms. The summed E-state index contributed by atoms with van der Waals surface area (Å²) in [4.78, 5) is 23.3. The van der Waals surface area contributed by atoms with Gasteiger partial charge in [-0.1, -0.05) is 13.8 Å². The maximum atomic E-state index is 11.8. The summed E-state index contributed by atoms with van der Waals surface area (Å²) in [7, 11) is 0. The van der Waals surface area contributed by atoms with E-state index in [2.05, 4.69) is 0 Å². The van der Waals surface area contributed by atoms with E-state index in [1.807, 2.05) is 13.8 Å². The number of carbonyl (C=O) groups excluding carboxylic acids is 2. The Kier molecular flexibility index (Phi) is 4.16. The molecule has 108 valence electrons. The first-order valence-electron chi connectivity index (χ1n) is 7.33. The Morgan fingerprint density at radius 2 is 2.11 bits per heavy atom. The third-order valence-corrected chi connectivity index (χ3v) is 4.79. The molecule has 0 aliphatic heterocycles. The Labute approximate surface area is 114 Å². The second kappa shape index (κ2) is 5.51. The van der Waals surface area contributed by atoms with Gasteiger partial charge in [-0.25, -0.2) is 4.79 Å². The van der Waals surface area contributed by atoms with Gasteiger partial charge in [0.2, 0.25) is 0 Å². The topological polar surface area (TPSA) is 52.6 Å². The third-order valence-electron chi connectivity index (χ3n) is 4.79. The van der Waals surface area contributed by atoms with Crippen molar-refractivity contribution in [1.29, 1.82) is 0 Å². The van der Waals surface area contributed by atoms with Gasteiger partial charge in [0.05, 0.1) is 5.92 Å². The fourth-order valence-corrected chi connectivity index (χ4v) is 3.41. The van der Waals surface area contributed by atoms with E-state index in [0.29, 0.717) is 11.8 Å². The maximum Gasteiger partial charge on any atom is 0.344 e. The van der Waals surface area contributed by atoms with E-state index in [-0.39, 0.29) is 24.1 Å². The van der Waals surface area contributed by atoms with Crippen LogP contribution in [-0.4, -0.2) is 24.1 Å². The van der Waals surface area contributed by atoms with Crippen LogP contribution in [0.3, 0.4) is 0 Å². The van der Waals surface area contributed by atoms with Crippen LogP contribution in [0.25, 0.3) is 0 Å². The van der Waals surface area contributed by atoms with Crippen molar-refractivity contribution in [2.75, 3.05) is 6.61 Å². The van der Waals surface area contributed by atoms with Crippen molar-refractivity contribution in [3.05, 3.63) is 0 Å². The largest absolute Gasteiger partial charge is 0.457 e. The average Bonchev–Trinajstić information content (AvgIpc) is 2.94. The molecular weight excluding hydrogens is 244 g/mol. The standard InChI is InChI=1S/C15H24O4/c1-4-10(2)14(17)18-9-13(16)19-15(3)8-11-5-6-12(15)7-11/h10-12H,4-9H2,1-3H3. The number of carbonyl (C=O) groups is 2. The van der Waals surface area contributed by atoms with Crippen molar-refractivity contribution in [3.8, 4) is 0 Å². The Bertz CT molecular complexity index is 365. The zero-order chi connectivity index (χ0) is 14.0. The molecule has 2 rings (SSSR count). The first-order chi connectivity index (χ1) is 8.94. The molecule has 0 heterocycles. The Morgan fingerprint density at radius 1 is 1.37 bits per heavy atom. The zero-order valence-corrected chi connectivity index (χ0v) is 12.1. The van der Waals surface area contributed by atoms with Gasteiger partial charge in [0.1, 0.15) is 5.60 Å². The van der Waals surface area contributed by atoms with Gasteiger partial charge in [0.25, 0.3) is 0 Å². The lowest BCUT2D eigenvalue weighted by atomic mass is 9.86. The highest BCUT2D eigenvalue weighted by Gasteiger charge is 2.50. The average molecular weight is 268 g/mol. The highest BCUT2D eigenvalue weighted by Crippen LogP contribution is 2.52. The smallest absolute Gasteiger partial charge is 0.344 e. The number of hydrogen-bond donors (Lipinski definition) is 0. The van der Waals surface area contributed by atoms with Gasteiger partial charge in [-0.2, -0.15) is 0 Å². The van der Waals surface area contributed by atoms with Crippen molar-refractivity contribution < 1.29 is 19.1 Å². The molecule has 0 saturated heterocycles. The Hall–Kier alpha value is -1.06. The highest BCUT2D eigenvalue weighted by molar-refractivity contribution is 5.77. The maximum absolute atomic E-state index is 11.8. The molecule has 0 aromatic rings. The predicted molar refractivity (Wildman–Crippen MR) is 70.4 cm³/mol. The predicted octanol–water partition coefficient (Wildman–Crippen LogP) is 2.70. The molecule has 19 heavy (non-hydrogen) atoms. The van der Waals surface area contributed by atoms with Gasteiger partial charge in [-0.05, 0) is 50.9 Å². The lowest BCUT2D eigenvalue weighted by Crippen LogP contribution is -2.38. The van der Waals surface area contributed by atoms with E-state index >= 15 is 0 Å². The van der Waals surface area contributed by atoms with Crippen LogP contribution in [0.15, 0.2) is 0 Å². The molecule has 2 fully saturated rings. The van der Waals surface area contributed by atoms with Crippen LogP contribution in [0.1, 0.15) is 52.9 Å². The van der Waals surface area contributed by atoms with E-state index < -0.39 is 5.97 Å². The number of esters is 2. The molecule has 4 unspecified atom stereocenters. The number of hydrogen-bond acceptors (Lipinski definition) is 4. The zero-order valence-electron chi connectivity index (χ0n) is 12.1. The SMILES string of the molecule is CCC(C)C(=O)OCC(=O)OC1(C)CC2CCC1C2. The van der Waals surface area contributed by atoms with Crippen LogP contribution >= 0.6 is 0 Å². The summed E-state index contributed by atoms with van der Waals surface area (Å²) in [6, 6.07) is 0. The molecule has 0 spiro atoms. The molecule has 4 nitrogen and oxygen atoms in total. The molecule has 2 aliphatic carbocycles. The van der Waals surface area contributed by atoms with Gasteiger partial charge in [0, 0.05) is 0 Å². The summed E-state index contributed by atoms with van der Waals surface area (Å²) < 4.78 is 10.6. The van der Waals surface area contributed by atoms with Crippen LogP contribution in [0.2, 0.25) is 0 Å². The minimum absolute atomic E-state index is 0.161. The number of ether oxygens (including phenoxy) is 2. The normalized spacial score (nSPS) is 34.1. The van der Waals surface area contributed by atoms with E-state index in [1.54, 1.807) is 6.92 Å². The Balaban J connectivity index is 1.77. The van der Waals surface area contributed by atoms with Crippen molar-refractivity contribution in [2.45, 2.75) is 58.5 Å². The molecule has 2 saturated carbocycles. The molecule has 0 amide bonds. The van der Waals surface area contributed by atoms with E-state index in [1.165, 1.54) is 12.8 Å². The van der Waals surface area contributed by atoms with Crippen molar-refractivity contribution in [3.63, 3.8) is 0 Å². The lowest BCUT2D eigenvalue weighted by Gasteiger charge is -2.33. The van der Waals surface area contributed by atoms with E-state index in [4.69, 9.17) is 9.47 Å². The third kappa shape index (κ3) is 3.10. The molecular formula is C15H24O4. The van der Waals surface area contributed by atoms with Crippen molar-refractivity contribution >= 4 is 11.9 Å². The first kappa shape index (κ1) is 14.4. The molecule has 0 N–H and O–H groups in total. The molecule has 0 radical (unpaired) electrons. The monoisotopic (exact) mass is 268 g/mol. The molecule has 2 aliphatic rings. The van der Waals surface area contributed by atoms with Crippen molar-refractivity contribution in [2.24, 2.45) is 17.8 Å². The summed E-state index contributed by atoms with van der Waals surface area (Å²) in [5.41, 5.74) is -0.331. The molecule has 4 atom stereocenters. The summed E-state index contributed by atoms with van der Waals surface area (Å²) in [6.45, 7) is 5.48.